The van der Waals surface area contributed by atoms with Gasteiger partial charge in [0.1, 0.15) is 0 Å². The highest BCUT2D eigenvalue weighted by atomic mass is 35.5. The molecule has 0 aromatic rings. The predicted molar refractivity (Wildman–Crippen MR) is 101 cm³/mol. The number of nitrogens with one attached hydrogen (secondary N) is 1. The van der Waals surface area contributed by atoms with Crippen molar-refractivity contribution >= 4 is 30.7 Å². The van der Waals surface area contributed by atoms with Gasteiger partial charge in [-0.3, -0.25) is 4.79 Å². The fraction of sp³-hybridized carbons (Fsp3) is 0.941. The van der Waals surface area contributed by atoms with E-state index in [9.17, 15) is 4.79 Å². The molecule has 3 rings (SSSR count). The lowest BCUT2D eigenvalue weighted by Crippen LogP contribution is -2.51. The summed E-state index contributed by atoms with van der Waals surface area (Å²) < 4.78 is 5.10. The number of ether oxygens (including phenoxy) is 1. The second-order valence-corrected chi connectivity index (χ2v) is 7.41. The SMILES string of the molecule is COCCCN1CCC(NC(=O)C2C3CCC(C3)C2N)CC1.Cl.Cl. The normalized spacial score (nSPS) is 32.9. The Kier molecular flexibility index (Phi) is 9.31. The number of methoxy groups -OCH3 is 1. The van der Waals surface area contributed by atoms with Crippen molar-refractivity contribution in [2.75, 3.05) is 33.4 Å². The van der Waals surface area contributed by atoms with Gasteiger partial charge in [0.15, 0.2) is 0 Å². The van der Waals surface area contributed by atoms with E-state index in [1.807, 2.05) is 0 Å². The van der Waals surface area contributed by atoms with Crippen LogP contribution in [-0.4, -0.2) is 56.2 Å². The molecule has 2 bridgehead atoms. The van der Waals surface area contributed by atoms with Gasteiger partial charge in [-0.05, 0) is 50.4 Å². The Labute approximate surface area is 158 Å². The van der Waals surface area contributed by atoms with E-state index >= 15 is 0 Å². The molecule has 2 aliphatic carbocycles. The van der Waals surface area contributed by atoms with Crippen molar-refractivity contribution in [2.24, 2.45) is 23.5 Å². The van der Waals surface area contributed by atoms with E-state index in [0.717, 1.165) is 45.5 Å². The van der Waals surface area contributed by atoms with Gasteiger partial charge < -0.3 is 20.7 Å². The highest BCUT2D eigenvalue weighted by Crippen LogP contribution is 2.47. The van der Waals surface area contributed by atoms with E-state index in [0.29, 0.717) is 17.9 Å². The maximum absolute atomic E-state index is 12.6. The number of rotatable bonds is 6. The summed E-state index contributed by atoms with van der Waals surface area (Å²) in [6, 6.07) is 0.449. The van der Waals surface area contributed by atoms with Crippen molar-refractivity contribution in [3.05, 3.63) is 0 Å². The van der Waals surface area contributed by atoms with Crippen molar-refractivity contribution in [2.45, 2.75) is 50.6 Å². The van der Waals surface area contributed by atoms with Crippen LogP contribution >= 0.6 is 24.8 Å². The topological polar surface area (TPSA) is 67.6 Å². The maximum Gasteiger partial charge on any atom is 0.225 e. The molecule has 0 aromatic heterocycles. The fourth-order valence-electron chi connectivity index (χ4n) is 4.76. The molecule has 1 aliphatic heterocycles. The number of nitrogens with two attached hydrogens (primary N) is 1. The Morgan fingerprint density at radius 1 is 1.17 bits per heavy atom. The minimum atomic E-state index is 0. The smallest absolute Gasteiger partial charge is 0.225 e. The lowest BCUT2D eigenvalue weighted by Gasteiger charge is -2.34. The Morgan fingerprint density at radius 2 is 1.83 bits per heavy atom. The summed E-state index contributed by atoms with van der Waals surface area (Å²) in [6.07, 6.45) is 6.83. The van der Waals surface area contributed by atoms with Gasteiger partial charge in [0.2, 0.25) is 5.91 Å². The van der Waals surface area contributed by atoms with Crippen LogP contribution in [0, 0.1) is 17.8 Å². The summed E-state index contributed by atoms with van der Waals surface area (Å²) >= 11 is 0. The number of carbonyl (C=O) groups is 1. The van der Waals surface area contributed by atoms with Crippen molar-refractivity contribution in [3.8, 4) is 0 Å². The van der Waals surface area contributed by atoms with Crippen LogP contribution in [-0.2, 0) is 9.53 Å². The monoisotopic (exact) mass is 381 g/mol. The van der Waals surface area contributed by atoms with Crippen LogP contribution in [0.1, 0.15) is 38.5 Å². The summed E-state index contributed by atoms with van der Waals surface area (Å²) in [5.74, 6) is 1.47. The zero-order chi connectivity index (χ0) is 15.5. The third-order valence-electron chi connectivity index (χ3n) is 6.04. The molecule has 7 heteroatoms. The molecule has 0 aromatic carbocycles. The number of piperidine rings is 1. The molecule has 0 spiro atoms. The lowest BCUT2D eigenvalue weighted by atomic mass is 9.84. The Morgan fingerprint density at radius 3 is 2.42 bits per heavy atom. The first kappa shape index (κ1) is 22.0. The van der Waals surface area contributed by atoms with E-state index in [-0.39, 0.29) is 42.7 Å². The zero-order valence-corrected chi connectivity index (χ0v) is 16.2. The van der Waals surface area contributed by atoms with Crippen LogP contribution in [0.5, 0.6) is 0 Å². The minimum Gasteiger partial charge on any atom is -0.385 e. The number of likely N-dealkylation sites (tertiary alicyclic amines) is 1. The predicted octanol–water partition coefficient (Wildman–Crippen LogP) is 1.82. The highest BCUT2D eigenvalue weighted by Gasteiger charge is 2.49. The molecule has 142 valence electrons. The summed E-state index contributed by atoms with van der Waals surface area (Å²) in [5.41, 5.74) is 6.28. The van der Waals surface area contributed by atoms with Crippen molar-refractivity contribution in [1.29, 1.82) is 0 Å². The lowest BCUT2D eigenvalue weighted by molar-refractivity contribution is -0.128. The zero-order valence-electron chi connectivity index (χ0n) is 14.6. The van der Waals surface area contributed by atoms with Gasteiger partial charge in [0.25, 0.3) is 0 Å². The molecule has 1 amide bonds. The van der Waals surface area contributed by atoms with Gasteiger partial charge in [-0.15, -0.1) is 24.8 Å². The first-order valence-corrected chi connectivity index (χ1v) is 8.96. The third-order valence-corrected chi connectivity index (χ3v) is 6.04. The number of halogens is 2. The van der Waals surface area contributed by atoms with Crippen molar-refractivity contribution in [3.63, 3.8) is 0 Å². The van der Waals surface area contributed by atoms with E-state index < -0.39 is 0 Å². The summed E-state index contributed by atoms with van der Waals surface area (Å²) in [7, 11) is 1.75. The van der Waals surface area contributed by atoms with Crippen LogP contribution in [0.2, 0.25) is 0 Å². The number of fused-ring (bicyclic) bond motifs is 2. The van der Waals surface area contributed by atoms with Crippen LogP contribution in [0.4, 0.5) is 0 Å². The molecule has 1 heterocycles. The Balaban J connectivity index is 0.00000144. The third kappa shape index (κ3) is 4.98. The van der Waals surface area contributed by atoms with Gasteiger partial charge in [-0.1, -0.05) is 0 Å². The average Bonchev–Trinajstić information content (AvgIpc) is 3.10. The molecule has 3 N–H and O–H groups in total. The molecular weight excluding hydrogens is 349 g/mol. The molecular formula is C17H33Cl2N3O2. The van der Waals surface area contributed by atoms with Crippen molar-refractivity contribution < 1.29 is 9.53 Å². The van der Waals surface area contributed by atoms with Crippen LogP contribution in [0.25, 0.3) is 0 Å². The molecule has 4 unspecified atom stereocenters. The Bertz CT molecular complexity index is 390. The van der Waals surface area contributed by atoms with Gasteiger partial charge >= 0.3 is 0 Å². The highest BCUT2D eigenvalue weighted by molar-refractivity contribution is 5.85. The molecule has 24 heavy (non-hydrogen) atoms. The summed E-state index contributed by atoms with van der Waals surface area (Å²) in [5, 5.41) is 3.29. The van der Waals surface area contributed by atoms with Gasteiger partial charge in [-0.2, -0.15) is 0 Å². The van der Waals surface area contributed by atoms with E-state index in [4.69, 9.17) is 10.5 Å². The second kappa shape index (κ2) is 10.2. The number of carbonyl (C=O) groups excluding carboxylic acids is 1. The van der Waals surface area contributed by atoms with Crippen LogP contribution in [0.15, 0.2) is 0 Å². The Hall–Kier alpha value is -0.0700. The molecule has 3 fully saturated rings. The number of hydrogen-bond donors (Lipinski definition) is 2. The molecule has 2 saturated carbocycles. The minimum absolute atomic E-state index is 0. The van der Waals surface area contributed by atoms with Gasteiger partial charge in [0, 0.05) is 45.4 Å². The largest absolute Gasteiger partial charge is 0.385 e. The van der Waals surface area contributed by atoms with Gasteiger partial charge in [-0.25, -0.2) is 0 Å². The van der Waals surface area contributed by atoms with Gasteiger partial charge in [0.05, 0.1) is 5.92 Å². The molecule has 5 nitrogen and oxygen atoms in total. The van der Waals surface area contributed by atoms with E-state index in [1.165, 1.54) is 19.3 Å². The average molecular weight is 382 g/mol. The molecule has 0 radical (unpaired) electrons. The molecule has 4 atom stereocenters. The second-order valence-electron chi connectivity index (χ2n) is 7.41. The van der Waals surface area contributed by atoms with Crippen molar-refractivity contribution in [1.82, 2.24) is 10.2 Å². The number of hydrogen-bond acceptors (Lipinski definition) is 4. The van der Waals surface area contributed by atoms with E-state index in [1.54, 1.807) is 7.11 Å². The standard InChI is InChI=1S/C17H31N3O2.2ClH/c1-22-10-2-7-20-8-5-14(6-9-20)19-17(21)15-12-3-4-13(11-12)16(15)18;;/h12-16H,2-11,18H2,1H3,(H,19,21);2*1H. The van der Waals surface area contributed by atoms with E-state index in [2.05, 4.69) is 10.2 Å². The molecule has 1 saturated heterocycles. The first-order valence-electron chi connectivity index (χ1n) is 8.96. The number of amides is 1. The van der Waals surface area contributed by atoms with Crippen LogP contribution < -0.4 is 11.1 Å². The quantitative estimate of drug-likeness (QED) is 0.688. The summed E-state index contributed by atoms with van der Waals surface area (Å²) in [4.78, 5) is 15.1. The molecule has 3 aliphatic rings. The van der Waals surface area contributed by atoms with Crippen LogP contribution in [0.3, 0.4) is 0 Å². The summed E-state index contributed by atoms with van der Waals surface area (Å²) in [6.45, 7) is 4.10. The fourth-order valence-corrected chi connectivity index (χ4v) is 4.76. The maximum atomic E-state index is 12.6. The number of nitrogens with zero attached hydrogens (tertiary/aromatic N) is 1. The first-order chi connectivity index (χ1) is 10.7.